The van der Waals surface area contributed by atoms with Crippen LogP contribution in [0.25, 0.3) is 0 Å². The highest BCUT2D eigenvalue weighted by atomic mass is 16.4. The van der Waals surface area contributed by atoms with Crippen LogP contribution in [-0.4, -0.2) is 17.0 Å². The number of carboxylic acid groups (broad SMARTS) is 1. The number of nitrogens with one attached hydrogen (secondary N) is 1. The summed E-state index contributed by atoms with van der Waals surface area (Å²) in [6, 6.07) is 9.76. The molecule has 0 aromatic heterocycles. The van der Waals surface area contributed by atoms with Crippen molar-refractivity contribution in [3.63, 3.8) is 0 Å². The van der Waals surface area contributed by atoms with Crippen LogP contribution >= 0.6 is 0 Å². The summed E-state index contributed by atoms with van der Waals surface area (Å²) in [5.41, 5.74) is 1.06. The summed E-state index contributed by atoms with van der Waals surface area (Å²) in [4.78, 5) is 23.7. The number of aliphatic carboxylic acids is 1. The average Bonchev–Trinajstić information content (AvgIpc) is 2.94. The number of carboxylic acids is 1. The SMILES string of the molecule is CC(C)C(NC(=O)[C@@H]1CCC[C@@H]1C(=O)O)c1ccccc1. The molecule has 2 N–H and O–H groups in total. The molecule has 4 heteroatoms. The molecule has 0 bridgehead atoms. The second-order valence-electron chi connectivity index (χ2n) is 6.12. The van der Waals surface area contributed by atoms with Crippen molar-refractivity contribution in [3.8, 4) is 0 Å². The molecule has 21 heavy (non-hydrogen) atoms. The zero-order valence-corrected chi connectivity index (χ0v) is 12.6. The first-order valence-electron chi connectivity index (χ1n) is 7.59. The molecule has 0 spiro atoms. The maximum absolute atomic E-state index is 12.5. The number of carbonyl (C=O) groups excluding carboxylic acids is 1. The molecule has 0 saturated heterocycles. The van der Waals surface area contributed by atoms with Crippen molar-refractivity contribution >= 4 is 11.9 Å². The Bertz CT molecular complexity index is 498. The summed E-state index contributed by atoms with van der Waals surface area (Å²) in [6.07, 6.45) is 2.08. The standard InChI is InChI=1S/C17H23NO3/c1-11(2)15(12-7-4-3-5-8-12)18-16(19)13-9-6-10-14(13)17(20)21/h3-5,7-8,11,13-15H,6,9-10H2,1-2H3,(H,18,19)(H,20,21)/t13-,14+,15?/m1/s1. The van der Waals surface area contributed by atoms with E-state index in [4.69, 9.17) is 0 Å². The lowest BCUT2D eigenvalue weighted by Gasteiger charge is -2.25. The summed E-state index contributed by atoms with van der Waals surface area (Å²) in [5, 5.41) is 12.3. The molecule has 0 aliphatic heterocycles. The summed E-state index contributed by atoms with van der Waals surface area (Å²) >= 11 is 0. The highest BCUT2D eigenvalue weighted by Gasteiger charge is 2.38. The normalized spacial score (nSPS) is 23.0. The van der Waals surface area contributed by atoms with Crippen LogP contribution in [0.15, 0.2) is 30.3 Å². The molecule has 0 heterocycles. The van der Waals surface area contributed by atoms with E-state index < -0.39 is 17.8 Å². The Balaban J connectivity index is 2.10. The summed E-state index contributed by atoms with van der Waals surface area (Å²) in [5.74, 6) is -1.65. The van der Waals surface area contributed by atoms with Gasteiger partial charge in [0.1, 0.15) is 0 Å². The highest BCUT2D eigenvalue weighted by molar-refractivity contribution is 5.85. The largest absolute Gasteiger partial charge is 0.481 e. The van der Waals surface area contributed by atoms with E-state index in [0.29, 0.717) is 12.8 Å². The molecule has 3 atom stereocenters. The topological polar surface area (TPSA) is 66.4 Å². The van der Waals surface area contributed by atoms with Crippen LogP contribution in [-0.2, 0) is 9.59 Å². The number of amides is 1. The average molecular weight is 289 g/mol. The Morgan fingerprint density at radius 2 is 1.76 bits per heavy atom. The maximum Gasteiger partial charge on any atom is 0.307 e. The minimum Gasteiger partial charge on any atom is -0.481 e. The third kappa shape index (κ3) is 3.63. The molecule has 114 valence electrons. The van der Waals surface area contributed by atoms with Gasteiger partial charge in [-0.25, -0.2) is 0 Å². The first-order chi connectivity index (χ1) is 10.0. The lowest BCUT2D eigenvalue weighted by Crippen LogP contribution is -2.39. The molecule has 1 fully saturated rings. The monoisotopic (exact) mass is 289 g/mol. The number of benzene rings is 1. The van der Waals surface area contributed by atoms with Gasteiger partial charge < -0.3 is 10.4 Å². The van der Waals surface area contributed by atoms with Crippen molar-refractivity contribution < 1.29 is 14.7 Å². The zero-order valence-electron chi connectivity index (χ0n) is 12.6. The van der Waals surface area contributed by atoms with E-state index in [-0.39, 0.29) is 17.9 Å². The third-order valence-electron chi connectivity index (χ3n) is 4.29. The lowest BCUT2D eigenvalue weighted by molar-refractivity contribution is -0.146. The van der Waals surface area contributed by atoms with Gasteiger partial charge in [0.15, 0.2) is 0 Å². The van der Waals surface area contributed by atoms with E-state index >= 15 is 0 Å². The van der Waals surface area contributed by atoms with Crippen LogP contribution in [0.2, 0.25) is 0 Å². The molecular weight excluding hydrogens is 266 g/mol. The lowest BCUT2D eigenvalue weighted by atomic mass is 9.92. The van der Waals surface area contributed by atoms with E-state index in [1.54, 1.807) is 0 Å². The molecule has 2 rings (SSSR count). The maximum atomic E-state index is 12.5. The van der Waals surface area contributed by atoms with Crippen molar-refractivity contribution in [3.05, 3.63) is 35.9 Å². The van der Waals surface area contributed by atoms with Gasteiger partial charge in [-0.1, -0.05) is 50.6 Å². The molecule has 1 aliphatic carbocycles. The van der Waals surface area contributed by atoms with E-state index in [1.165, 1.54) is 0 Å². The smallest absolute Gasteiger partial charge is 0.307 e. The molecule has 4 nitrogen and oxygen atoms in total. The van der Waals surface area contributed by atoms with Gasteiger partial charge in [-0.15, -0.1) is 0 Å². The Hall–Kier alpha value is -1.84. The van der Waals surface area contributed by atoms with Gasteiger partial charge >= 0.3 is 5.97 Å². The first kappa shape index (κ1) is 15.5. The van der Waals surface area contributed by atoms with Gasteiger partial charge in [-0.05, 0) is 24.3 Å². The van der Waals surface area contributed by atoms with Gasteiger partial charge in [0, 0.05) is 0 Å². The van der Waals surface area contributed by atoms with E-state index in [1.807, 2.05) is 30.3 Å². The summed E-state index contributed by atoms with van der Waals surface area (Å²) in [6.45, 7) is 4.11. The van der Waals surface area contributed by atoms with Crippen LogP contribution < -0.4 is 5.32 Å². The fraction of sp³-hybridized carbons (Fsp3) is 0.529. The van der Waals surface area contributed by atoms with Crippen molar-refractivity contribution in [1.82, 2.24) is 5.32 Å². The third-order valence-corrected chi connectivity index (χ3v) is 4.29. The molecule has 1 amide bonds. The summed E-state index contributed by atoms with van der Waals surface area (Å²) < 4.78 is 0. The Morgan fingerprint density at radius 3 is 2.33 bits per heavy atom. The van der Waals surface area contributed by atoms with E-state index in [9.17, 15) is 14.7 Å². The Labute approximate surface area is 125 Å². The van der Waals surface area contributed by atoms with Gasteiger partial charge in [-0.3, -0.25) is 9.59 Å². The van der Waals surface area contributed by atoms with Gasteiger partial charge in [-0.2, -0.15) is 0 Å². The second-order valence-corrected chi connectivity index (χ2v) is 6.12. The molecule has 0 radical (unpaired) electrons. The van der Waals surface area contributed by atoms with E-state index in [2.05, 4.69) is 19.2 Å². The highest BCUT2D eigenvalue weighted by Crippen LogP contribution is 2.33. The Morgan fingerprint density at radius 1 is 1.14 bits per heavy atom. The van der Waals surface area contributed by atoms with Crippen molar-refractivity contribution in [2.45, 2.75) is 39.2 Å². The van der Waals surface area contributed by atoms with Crippen LogP contribution in [0.3, 0.4) is 0 Å². The predicted molar refractivity (Wildman–Crippen MR) is 80.6 cm³/mol. The van der Waals surface area contributed by atoms with Gasteiger partial charge in [0.05, 0.1) is 17.9 Å². The van der Waals surface area contributed by atoms with Crippen molar-refractivity contribution in [1.29, 1.82) is 0 Å². The van der Waals surface area contributed by atoms with Crippen LogP contribution in [0.5, 0.6) is 0 Å². The molecule has 1 unspecified atom stereocenters. The number of hydrogen-bond acceptors (Lipinski definition) is 2. The van der Waals surface area contributed by atoms with Crippen LogP contribution in [0, 0.1) is 17.8 Å². The fourth-order valence-corrected chi connectivity index (χ4v) is 3.13. The Kier molecular flexibility index (Phi) is 4.99. The quantitative estimate of drug-likeness (QED) is 0.875. The number of rotatable bonds is 5. The van der Waals surface area contributed by atoms with Crippen molar-refractivity contribution in [2.75, 3.05) is 0 Å². The van der Waals surface area contributed by atoms with Gasteiger partial charge in [0.25, 0.3) is 0 Å². The number of carbonyl (C=O) groups is 2. The zero-order chi connectivity index (χ0) is 15.4. The minimum atomic E-state index is -0.853. The minimum absolute atomic E-state index is 0.0752. The fourth-order valence-electron chi connectivity index (χ4n) is 3.13. The second kappa shape index (κ2) is 6.74. The van der Waals surface area contributed by atoms with Crippen molar-refractivity contribution in [2.24, 2.45) is 17.8 Å². The molecule has 1 aromatic carbocycles. The molecule has 1 saturated carbocycles. The van der Waals surface area contributed by atoms with E-state index in [0.717, 1.165) is 12.0 Å². The molecular formula is C17H23NO3. The first-order valence-corrected chi connectivity index (χ1v) is 7.59. The number of hydrogen-bond donors (Lipinski definition) is 2. The molecule has 1 aliphatic rings. The van der Waals surface area contributed by atoms with Crippen LogP contribution in [0.1, 0.15) is 44.7 Å². The van der Waals surface area contributed by atoms with Crippen LogP contribution in [0.4, 0.5) is 0 Å². The predicted octanol–water partition coefficient (Wildman–Crippen LogP) is 3.00. The van der Waals surface area contributed by atoms with Gasteiger partial charge in [0.2, 0.25) is 5.91 Å². The molecule has 1 aromatic rings. The summed E-state index contributed by atoms with van der Waals surface area (Å²) in [7, 11) is 0.